The molecule has 1 aromatic rings. The normalized spacial score (nSPS) is 11.3. The lowest BCUT2D eigenvalue weighted by Gasteiger charge is -2.06. The molecule has 0 fully saturated rings. The van der Waals surface area contributed by atoms with Gasteiger partial charge in [0.25, 0.3) is 0 Å². The van der Waals surface area contributed by atoms with Gasteiger partial charge in [0.1, 0.15) is 6.04 Å². The van der Waals surface area contributed by atoms with Crippen LogP contribution in [0.3, 0.4) is 0 Å². The highest BCUT2D eigenvalue weighted by Gasteiger charge is 2.11. The summed E-state index contributed by atoms with van der Waals surface area (Å²) in [5.74, 6) is -0.974. The second-order valence-corrected chi connectivity index (χ2v) is 3.09. The molecule has 0 aliphatic carbocycles. The van der Waals surface area contributed by atoms with Gasteiger partial charge in [-0.15, -0.1) is 12.4 Å². The lowest BCUT2D eigenvalue weighted by molar-refractivity contribution is -0.138. The maximum Gasteiger partial charge on any atom is 0.320 e. The van der Waals surface area contributed by atoms with Crippen molar-refractivity contribution in [1.82, 2.24) is 0 Å². The molecule has 1 aromatic carbocycles. The van der Waals surface area contributed by atoms with Gasteiger partial charge in [-0.1, -0.05) is 36.9 Å². The second kappa shape index (κ2) is 6.22. The van der Waals surface area contributed by atoms with Crippen LogP contribution in [0.2, 0.25) is 0 Å². The van der Waals surface area contributed by atoms with Crippen LogP contribution in [-0.4, -0.2) is 17.1 Å². The lowest BCUT2D eigenvalue weighted by atomic mass is 10.0. The Kier molecular flexibility index (Phi) is 5.67. The number of benzene rings is 1. The van der Waals surface area contributed by atoms with Crippen molar-refractivity contribution in [3.63, 3.8) is 0 Å². The van der Waals surface area contributed by atoms with Crippen molar-refractivity contribution in [2.45, 2.75) is 12.5 Å². The van der Waals surface area contributed by atoms with Crippen LogP contribution in [0.25, 0.3) is 6.08 Å². The molecule has 0 spiro atoms. The Morgan fingerprint density at radius 1 is 1.47 bits per heavy atom. The van der Waals surface area contributed by atoms with E-state index in [0.29, 0.717) is 6.42 Å². The van der Waals surface area contributed by atoms with Gasteiger partial charge in [0.2, 0.25) is 0 Å². The first-order chi connectivity index (χ1) is 6.63. The van der Waals surface area contributed by atoms with Crippen LogP contribution in [-0.2, 0) is 11.2 Å². The smallest absolute Gasteiger partial charge is 0.320 e. The van der Waals surface area contributed by atoms with Gasteiger partial charge in [-0.2, -0.15) is 0 Å². The molecule has 0 amide bonds. The van der Waals surface area contributed by atoms with Crippen molar-refractivity contribution in [3.05, 3.63) is 42.0 Å². The van der Waals surface area contributed by atoms with E-state index < -0.39 is 12.0 Å². The number of nitrogens with two attached hydrogens (primary N) is 1. The Balaban J connectivity index is 0.00000196. The summed E-state index contributed by atoms with van der Waals surface area (Å²) in [6.07, 6.45) is 2.09. The summed E-state index contributed by atoms with van der Waals surface area (Å²) in [6, 6.07) is 6.66. The number of carbonyl (C=O) groups is 1. The molecule has 0 aliphatic heterocycles. The Labute approximate surface area is 95.0 Å². The average molecular weight is 228 g/mol. The van der Waals surface area contributed by atoms with E-state index in [1.165, 1.54) is 0 Å². The minimum Gasteiger partial charge on any atom is -0.480 e. The highest BCUT2D eigenvalue weighted by molar-refractivity contribution is 5.85. The molecule has 0 saturated carbocycles. The van der Waals surface area contributed by atoms with Gasteiger partial charge in [-0.3, -0.25) is 4.79 Å². The zero-order valence-corrected chi connectivity index (χ0v) is 9.04. The minimum absolute atomic E-state index is 0. The van der Waals surface area contributed by atoms with Crippen LogP contribution in [0.5, 0.6) is 0 Å². The van der Waals surface area contributed by atoms with Crippen LogP contribution in [0.15, 0.2) is 30.8 Å². The van der Waals surface area contributed by atoms with Crippen LogP contribution in [0, 0.1) is 0 Å². The van der Waals surface area contributed by atoms with Gasteiger partial charge in [-0.05, 0) is 17.5 Å². The number of aliphatic carboxylic acids is 1. The van der Waals surface area contributed by atoms with E-state index in [1.807, 2.05) is 24.3 Å². The largest absolute Gasteiger partial charge is 0.480 e. The number of carboxylic acids is 1. The van der Waals surface area contributed by atoms with Gasteiger partial charge in [0.15, 0.2) is 0 Å². The first-order valence-electron chi connectivity index (χ1n) is 4.33. The van der Waals surface area contributed by atoms with Crippen molar-refractivity contribution >= 4 is 24.5 Å². The fourth-order valence-electron chi connectivity index (χ4n) is 1.13. The van der Waals surface area contributed by atoms with E-state index in [9.17, 15) is 4.79 Å². The first kappa shape index (κ1) is 13.7. The second-order valence-electron chi connectivity index (χ2n) is 3.09. The molecule has 0 saturated heterocycles. The van der Waals surface area contributed by atoms with Crippen molar-refractivity contribution < 1.29 is 9.90 Å². The minimum atomic E-state index is -0.974. The molecule has 82 valence electrons. The topological polar surface area (TPSA) is 63.3 Å². The molecule has 3 N–H and O–H groups in total. The Bertz CT molecular complexity index is 335. The molecule has 0 bridgehead atoms. The number of hydrogen-bond acceptors (Lipinski definition) is 2. The summed E-state index contributed by atoms with van der Waals surface area (Å²) in [5, 5.41) is 8.60. The molecule has 0 radical (unpaired) electrons. The number of carboxylic acid groups (broad SMARTS) is 1. The molecule has 0 aromatic heterocycles. The summed E-state index contributed by atoms with van der Waals surface area (Å²) < 4.78 is 0. The Morgan fingerprint density at radius 2 is 2.00 bits per heavy atom. The van der Waals surface area contributed by atoms with E-state index in [1.54, 1.807) is 6.08 Å². The summed E-state index contributed by atoms with van der Waals surface area (Å²) in [6.45, 7) is 3.63. The van der Waals surface area contributed by atoms with Gasteiger partial charge >= 0.3 is 5.97 Å². The van der Waals surface area contributed by atoms with Gasteiger partial charge in [-0.25, -0.2) is 0 Å². The summed E-state index contributed by atoms with van der Waals surface area (Å²) in [5.41, 5.74) is 7.33. The molecule has 0 aliphatic rings. The highest BCUT2D eigenvalue weighted by atomic mass is 35.5. The highest BCUT2D eigenvalue weighted by Crippen LogP contribution is 2.07. The van der Waals surface area contributed by atoms with Crippen LogP contribution >= 0.6 is 12.4 Å². The zero-order valence-electron chi connectivity index (χ0n) is 8.22. The summed E-state index contributed by atoms with van der Waals surface area (Å²) >= 11 is 0. The molecule has 15 heavy (non-hydrogen) atoms. The number of halogens is 1. The third kappa shape index (κ3) is 4.14. The van der Waals surface area contributed by atoms with Gasteiger partial charge < -0.3 is 10.8 Å². The van der Waals surface area contributed by atoms with Crippen molar-refractivity contribution in [2.75, 3.05) is 0 Å². The maximum absolute atomic E-state index is 10.5. The molecular weight excluding hydrogens is 214 g/mol. The molecule has 1 rings (SSSR count). The monoisotopic (exact) mass is 227 g/mol. The summed E-state index contributed by atoms with van der Waals surface area (Å²) in [4.78, 5) is 10.5. The lowest BCUT2D eigenvalue weighted by Crippen LogP contribution is -2.32. The van der Waals surface area contributed by atoms with Gasteiger partial charge in [0, 0.05) is 0 Å². The van der Waals surface area contributed by atoms with Crippen LogP contribution in [0.4, 0.5) is 0 Å². The van der Waals surface area contributed by atoms with E-state index in [4.69, 9.17) is 10.8 Å². The quantitative estimate of drug-likeness (QED) is 0.823. The van der Waals surface area contributed by atoms with Crippen LogP contribution in [0.1, 0.15) is 11.1 Å². The third-order valence-corrected chi connectivity index (χ3v) is 1.99. The zero-order chi connectivity index (χ0) is 10.6. The molecule has 1 unspecified atom stereocenters. The predicted octanol–water partition coefficient (Wildman–Crippen LogP) is 1.71. The molecular formula is C11H14ClNO2. The Morgan fingerprint density at radius 3 is 2.40 bits per heavy atom. The molecule has 3 nitrogen and oxygen atoms in total. The van der Waals surface area contributed by atoms with Gasteiger partial charge in [0.05, 0.1) is 0 Å². The van der Waals surface area contributed by atoms with Crippen LogP contribution < -0.4 is 5.73 Å². The van der Waals surface area contributed by atoms with Crippen molar-refractivity contribution in [2.24, 2.45) is 5.73 Å². The van der Waals surface area contributed by atoms with E-state index in [2.05, 4.69) is 6.58 Å². The van der Waals surface area contributed by atoms with E-state index in [-0.39, 0.29) is 12.4 Å². The van der Waals surface area contributed by atoms with E-state index >= 15 is 0 Å². The molecule has 0 heterocycles. The molecule has 4 heteroatoms. The fraction of sp³-hybridized carbons (Fsp3) is 0.182. The standard InChI is InChI=1S/C11H13NO2.ClH/c1-2-8-3-5-9(6-4-8)7-10(12)11(13)14;/h2-6,10H,1,7,12H2,(H,13,14);1H. The fourth-order valence-corrected chi connectivity index (χ4v) is 1.13. The molecule has 1 atom stereocenters. The Hall–Kier alpha value is -1.32. The maximum atomic E-state index is 10.5. The average Bonchev–Trinajstić information content (AvgIpc) is 2.19. The third-order valence-electron chi connectivity index (χ3n) is 1.99. The van der Waals surface area contributed by atoms with E-state index in [0.717, 1.165) is 11.1 Å². The number of hydrogen-bond donors (Lipinski definition) is 2. The number of rotatable bonds is 4. The predicted molar refractivity (Wildman–Crippen MR) is 63.1 cm³/mol. The first-order valence-corrected chi connectivity index (χ1v) is 4.33. The summed E-state index contributed by atoms with van der Waals surface area (Å²) in [7, 11) is 0. The SMILES string of the molecule is C=Cc1ccc(CC(N)C(=O)O)cc1.Cl. The van der Waals surface area contributed by atoms with Crippen molar-refractivity contribution in [1.29, 1.82) is 0 Å². The van der Waals surface area contributed by atoms with Crippen molar-refractivity contribution in [3.8, 4) is 0 Å².